The highest BCUT2D eigenvalue weighted by Crippen LogP contribution is 2.31. The second-order valence-electron chi connectivity index (χ2n) is 7.57. The van der Waals surface area contributed by atoms with E-state index in [-0.39, 0.29) is 22.7 Å². The predicted molar refractivity (Wildman–Crippen MR) is 127 cm³/mol. The monoisotopic (exact) mass is 504 g/mol. The third kappa shape index (κ3) is 5.37. The SMILES string of the molecule is Cc1ccc(S(=O)(=O)N(CC(=O)NCc2cccc(C(=O)O)c2F)c2cccc(Cl)c2C)cc1. The summed E-state index contributed by atoms with van der Waals surface area (Å²) in [5, 5.41) is 11.9. The first-order valence-electron chi connectivity index (χ1n) is 10.1. The van der Waals surface area contributed by atoms with Gasteiger partial charge in [0.05, 0.1) is 16.1 Å². The molecule has 0 aromatic heterocycles. The minimum absolute atomic E-state index is 0.00882. The topological polar surface area (TPSA) is 104 Å². The molecule has 3 rings (SSSR count). The zero-order valence-corrected chi connectivity index (χ0v) is 20.0. The van der Waals surface area contributed by atoms with Crippen LogP contribution in [0.1, 0.15) is 27.0 Å². The van der Waals surface area contributed by atoms with Gasteiger partial charge in [-0.2, -0.15) is 0 Å². The minimum Gasteiger partial charge on any atom is -0.478 e. The molecule has 0 saturated heterocycles. The number of amides is 1. The van der Waals surface area contributed by atoms with Crippen molar-refractivity contribution in [2.75, 3.05) is 10.8 Å². The second kappa shape index (κ2) is 10.2. The van der Waals surface area contributed by atoms with Crippen molar-refractivity contribution < 1.29 is 27.5 Å². The van der Waals surface area contributed by atoms with Crippen molar-refractivity contribution in [2.45, 2.75) is 25.3 Å². The number of benzene rings is 3. The molecule has 3 aromatic rings. The number of nitrogens with one attached hydrogen (secondary N) is 1. The molecule has 7 nitrogen and oxygen atoms in total. The molecule has 0 spiro atoms. The first kappa shape index (κ1) is 25.2. The van der Waals surface area contributed by atoms with E-state index in [1.807, 2.05) is 6.92 Å². The summed E-state index contributed by atoms with van der Waals surface area (Å²) in [5.41, 5.74) is 0.993. The fraction of sp³-hybridized carbons (Fsp3) is 0.167. The average molecular weight is 505 g/mol. The maximum atomic E-state index is 14.4. The molecule has 0 bridgehead atoms. The van der Waals surface area contributed by atoms with E-state index in [4.69, 9.17) is 16.7 Å². The summed E-state index contributed by atoms with van der Waals surface area (Å²) in [5.74, 6) is -3.11. The van der Waals surface area contributed by atoms with Crippen molar-refractivity contribution >= 4 is 39.2 Å². The molecule has 3 aromatic carbocycles. The van der Waals surface area contributed by atoms with Crippen molar-refractivity contribution in [3.63, 3.8) is 0 Å². The molecule has 10 heteroatoms. The fourth-order valence-electron chi connectivity index (χ4n) is 3.27. The lowest BCUT2D eigenvalue weighted by molar-refractivity contribution is -0.119. The number of rotatable bonds is 8. The zero-order chi connectivity index (χ0) is 25.0. The summed E-state index contributed by atoms with van der Waals surface area (Å²) < 4.78 is 42.3. The lowest BCUT2D eigenvalue weighted by Crippen LogP contribution is -2.41. The van der Waals surface area contributed by atoms with Gasteiger partial charge in [0.1, 0.15) is 12.4 Å². The molecular formula is C24H22ClFN2O5S. The molecular weight excluding hydrogens is 483 g/mol. The van der Waals surface area contributed by atoms with Crippen LogP contribution in [-0.4, -0.2) is 31.9 Å². The molecule has 0 heterocycles. The van der Waals surface area contributed by atoms with Gasteiger partial charge in [-0.3, -0.25) is 9.10 Å². The first-order valence-corrected chi connectivity index (χ1v) is 12.0. The zero-order valence-electron chi connectivity index (χ0n) is 18.4. The molecule has 0 aliphatic rings. The highest BCUT2D eigenvalue weighted by Gasteiger charge is 2.29. The number of carbonyl (C=O) groups is 2. The molecule has 0 saturated carbocycles. The minimum atomic E-state index is -4.15. The van der Waals surface area contributed by atoms with Crippen LogP contribution >= 0.6 is 11.6 Å². The third-order valence-corrected chi connectivity index (χ3v) is 7.37. The number of halogens is 2. The Bertz CT molecular complexity index is 1340. The Balaban J connectivity index is 1.91. The van der Waals surface area contributed by atoms with Crippen LogP contribution in [0.15, 0.2) is 65.6 Å². The fourth-order valence-corrected chi connectivity index (χ4v) is 4.91. The molecule has 0 unspecified atom stereocenters. The quantitative estimate of drug-likeness (QED) is 0.476. The van der Waals surface area contributed by atoms with E-state index in [1.54, 1.807) is 31.2 Å². The summed E-state index contributed by atoms with van der Waals surface area (Å²) in [4.78, 5) is 23.9. The van der Waals surface area contributed by atoms with Gasteiger partial charge in [0.25, 0.3) is 10.0 Å². The van der Waals surface area contributed by atoms with Crippen LogP contribution in [0.25, 0.3) is 0 Å². The number of aryl methyl sites for hydroxylation is 1. The Kier molecular flexibility index (Phi) is 7.58. The Morgan fingerprint density at radius 1 is 1.03 bits per heavy atom. The number of carboxylic acids is 1. The largest absolute Gasteiger partial charge is 0.478 e. The predicted octanol–water partition coefficient (Wildman–Crippen LogP) is 4.31. The summed E-state index contributed by atoms with van der Waals surface area (Å²) >= 11 is 6.20. The van der Waals surface area contributed by atoms with Crippen molar-refractivity contribution in [1.29, 1.82) is 0 Å². The van der Waals surface area contributed by atoms with Gasteiger partial charge in [-0.1, -0.05) is 47.5 Å². The van der Waals surface area contributed by atoms with Gasteiger partial charge in [0.15, 0.2) is 0 Å². The second-order valence-corrected chi connectivity index (χ2v) is 9.84. The van der Waals surface area contributed by atoms with Crippen molar-refractivity contribution in [3.05, 3.63) is 93.8 Å². The Morgan fingerprint density at radius 3 is 2.32 bits per heavy atom. The number of hydrogen-bond acceptors (Lipinski definition) is 4. The van der Waals surface area contributed by atoms with Crippen LogP contribution in [0, 0.1) is 19.7 Å². The molecule has 34 heavy (non-hydrogen) atoms. The maximum absolute atomic E-state index is 14.4. The number of nitrogens with zero attached hydrogens (tertiary/aromatic N) is 1. The van der Waals surface area contributed by atoms with Crippen LogP contribution < -0.4 is 9.62 Å². The number of hydrogen-bond donors (Lipinski definition) is 2. The Hall–Kier alpha value is -3.43. The number of carboxylic acid groups (broad SMARTS) is 1. The lowest BCUT2D eigenvalue weighted by atomic mass is 10.1. The first-order chi connectivity index (χ1) is 16.0. The van der Waals surface area contributed by atoms with E-state index in [1.165, 1.54) is 30.3 Å². The maximum Gasteiger partial charge on any atom is 0.338 e. The van der Waals surface area contributed by atoms with E-state index in [2.05, 4.69) is 5.32 Å². The molecule has 0 atom stereocenters. The van der Waals surface area contributed by atoms with Crippen LogP contribution in [0.3, 0.4) is 0 Å². The molecule has 178 valence electrons. The number of anilines is 1. The van der Waals surface area contributed by atoms with Crippen molar-refractivity contribution in [3.8, 4) is 0 Å². The number of carbonyl (C=O) groups excluding carboxylic acids is 1. The summed E-state index contributed by atoms with van der Waals surface area (Å²) in [6, 6.07) is 14.7. The molecule has 0 aliphatic carbocycles. The van der Waals surface area contributed by atoms with Gasteiger partial charge >= 0.3 is 5.97 Å². The Morgan fingerprint density at radius 2 is 1.68 bits per heavy atom. The van der Waals surface area contributed by atoms with Crippen LogP contribution in [0.2, 0.25) is 5.02 Å². The molecule has 0 aliphatic heterocycles. The van der Waals surface area contributed by atoms with Gasteiger partial charge in [-0.15, -0.1) is 0 Å². The smallest absolute Gasteiger partial charge is 0.338 e. The molecule has 0 fully saturated rings. The summed E-state index contributed by atoms with van der Waals surface area (Å²) in [6.07, 6.45) is 0. The van der Waals surface area contributed by atoms with E-state index in [9.17, 15) is 22.4 Å². The Labute approximate surface area is 201 Å². The summed E-state index contributed by atoms with van der Waals surface area (Å²) in [7, 11) is -4.15. The van der Waals surface area contributed by atoms with Gasteiger partial charge in [0.2, 0.25) is 5.91 Å². The molecule has 2 N–H and O–H groups in total. The highest BCUT2D eigenvalue weighted by molar-refractivity contribution is 7.92. The van der Waals surface area contributed by atoms with Crippen molar-refractivity contribution in [1.82, 2.24) is 5.32 Å². The van der Waals surface area contributed by atoms with Gasteiger partial charge in [-0.05, 0) is 49.7 Å². The van der Waals surface area contributed by atoms with E-state index < -0.39 is 39.8 Å². The third-order valence-electron chi connectivity index (χ3n) is 5.19. The van der Waals surface area contributed by atoms with Crippen LogP contribution in [-0.2, 0) is 21.4 Å². The normalized spacial score (nSPS) is 11.2. The summed E-state index contributed by atoms with van der Waals surface area (Å²) in [6.45, 7) is 2.54. The van der Waals surface area contributed by atoms with Gasteiger partial charge < -0.3 is 10.4 Å². The van der Waals surface area contributed by atoms with Crippen LogP contribution in [0.4, 0.5) is 10.1 Å². The molecule has 1 amide bonds. The van der Waals surface area contributed by atoms with E-state index in [0.717, 1.165) is 15.9 Å². The van der Waals surface area contributed by atoms with Crippen LogP contribution in [0.5, 0.6) is 0 Å². The number of sulfonamides is 1. The van der Waals surface area contributed by atoms with Crippen molar-refractivity contribution in [2.24, 2.45) is 0 Å². The van der Waals surface area contributed by atoms with Gasteiger partial charge in [0, 0.05) is 17.1 Å². The number of aromatic carboxylic acids is 1. The standard InChI is InChI=1S/C24H22ClFN2O5S/c1-15-9-11-18(12-10-15)34(32,33)28(21-8-4-7-20(25)16(21)2)14-22(29)27-13-17-5-3-6-19(23(17)26)24(30)31/h3-12H,13-14H2,1-2H3,(H,27,29)(H,30,31). The average Bonchev–Trinajstić information content (AvgIpc) is 2.79. The lowest BCUT2D eigenvalue weighted by Gasteiger charge is -2.26. The van der Waals surface area contributed by atoms with E-state index >= 15 is 0 Å². The van der Waals surface area contributed by atoms with E-state index in [0.29, 0.717) is 10.6 Å². The molecule has 0 radical (unpaired) electrons. The van der Waals surface area contributed by atoms with Gasteiger partial charge in [-0.25, -0.2) is 17.6 Å². The highest BCUT2D eigenvalue weighted by atomic mass is 35.5.